The Bertz CT molecular complexity index is 1130. The van der Waals surface area contributed by atoms with E-state index in [1.54, 1.807) is 11.0 Å². The quantitative estimate of drug-likeness (QED) is 0.700. The number of benzene rings is 2. The normalized spacial score (nSPS) is 22.8. The Kier molecular flexibility index (Phi) is 5.78. The third kappa shape index (κ3) is 4.13. The van der Waals surface area contributed by atoms with Crippen molar-refractivity contribution in [1.29, 1.82) is 5.26 Å². The summed E-state index contributed by atoms with van der Waals surface area (Å²) >= 11 is 0. The molecule has 4 rings (SSSR count). The number of amides is 1. The van der Waals surface area contributed by atoms with Crippen molar-refractivity contribution >= 4 is 11.6 Å². The molecule has 10 heteroatoms. The molecular formula is C23H20F5N3O2. The molecule has 0 spiro atoms. The van der Waals surface area contributed by atoms with Crippen molar-refractivity contribution in [2.75, 3.05) is 37.7 Å². The summed E-state index contributed by atoms with van der Waals surface area (Å²) in [7, 11) is 0. The maximum Gasteiger partial charge on any atom is 0.417 e. The summed E-state index contributed by atoms with van der Waals surface area (Å²) in [4.78, 5) is 15.9. The van der Waals surface area contributed by atoms with Crippen LogP contribution in [0, 0.1) is 34.3 Å². The van der Waals surface area contributed by atoms with Gasteiger partial charge in [0.25, 0.3) is 5.91 Å². The number of alkyl halides is 3. The smallest absolute Gasteiger partial charge is 0.396 e. The van der Waals surface area contributed by atoms with Gasteiger partial charge in [0, 0.05) is 37.3 Å². The minimum Gasteiger partial charge on any atom is -0.396 e. The predicted octanol–water partition coefficient (Wildman–Crippen LogP) is 3.82. The van der Waals surface area contributed by atoms with Crippen molar-refractivity contribution in [3.05, 3.63) is 64.7 Å². The molecule has 0 aliphatic carbocycles. The average Bonchev–Trinajstić information content (AvgIpc) is 3.18. The molecule has 2 aromatic rings. The fraction of sp³-hybridized carbons (Fsp3) is 0.391. The number of piperidine rings is 1. The van der Waals surface area contributed by atoms with Crippen molar-refractivity contribution in [3.8, 4) is 6.07 Å². The molecule has 0 aromatic heterocycles. The van der Waals surface area contributed by atoms with Gasteiger partial charge < -0.3 is 14.9 Å². The van der Waals surface area contributed by atoms with Gasteiger partial charge in [-0.3, -0.25) is 4.79 Å². The van der Waals surface area contributed by atoms with Crippen LogP contribution in [-0.4, -0.2) is 48.7 Å². The summed E-state index contributed by atoms with van der Waals surface area (Å²) in [6.07, 6.45) is -4.25. The fourth-order valence-corrected chi connectivity index (χ4v) is 4.87. The third-order valence-corrected chi connectivity index (χ3v) is 6.62. The van der Waals surface area contributed by atoms with E-state index in [1.807, 2.05) is 0 Å². The lowest BCUT2D eigenvalue weighted by Crippen LogP contribution is -2.52. The van der Waals surface area contributed by atoms with Gasteiger partial charge >= 0.3 is 6.18 Å². The number of carbonyl (C=O) groups excluding carboxylic acids is 1. The Hall–Kier alpha value is -3.19. The van der Waals surface area contributed by atoms with Crippen LogP contribution < -0.4 is 4.90 Å². The minimum absolute atomic E-state index is 0.0574. The first kappa shape index (κ1) is 23.0. The summed E-state index contributed by atoms with van der Waals surface area (Å²) in [6.45, 7) is 0.511. The van der Waals surface area contributed by atoms with E-state index in [1.165, 1.54) is 11.0 Å². The number of hydrogen-bond donors (Lipinski definition) is 1. The van der Waals surface area contributed by atoms with Crippen LogP contribution in [0.2, 0.25) is 0 Å². The molecule has 0 radical (unpaired) electrons. The summed E-state index contributed by atoms with van der Waals surface area (Å²) in [5.41, 5.74) is -2.48. The zero-order chi connectivity index (χ0) is 24.0. The maximum atomic E-state index is 14.1. The van der Waals surface area contributed by atoms with E-state index in [0.717, 1.165) is 30.3 Å². The van der Waals surface area contributed by atoms with E-state index in [9.17, 15) is 31.9 Å². The Morgan fingerprint density at radius 3 is 2.61 bits per heavy atom. The molecule has 0 bridgehead atoms. The Morgan fingerprint density at radius 2 is 1.94 bits per heavy atom. The van der Waals surface area contributed by atoms with E-state index >= 15 is 0 Å². The molecule has 0 saturated carbocycles. The van der Waals surface area contributed by atoms with Gasteiger partial charge in [-0.05, 0) is 48.7 Å². The summed E-state index contributed by atoms with van der Waals surface area (Å²) < 4.78 is 67.8. The highest BCUT2D eigenvalue weighted by Crippen LogP contribution is 2.45. The molecule has 33 heavy (non-hydrogen) atoms. The molecule has 2 atom stereocenters. The highest BCUT2D eigenvalue weighted by molar-refractivity contribution is 5.94. The van der Waals surface area contributed by atoms with E-state index in [4.69, 9.17) is 5.26 Å². The maximum absolute atomic E-state index is 14.1. The van der Waals surface area contributed by atoms with Crippen molar-refractivity contribution in [2.45, 2.75) is 12.6 Å². The molecule has 1 N–H and O–H groups in total. The number of anilines is 1. The fourth-order valence-electron chi connectivity index (χ4n) is 4.87. The van der Waals surface area contributed by atoms with Gasteiger partial charge in [-0.15, -0.1) is 0 Å². The number of rotatable bonds is 3. The van der Waals surface area contributed by atoms with Crippen LogP contribution in [0.15, 0.2) is 36.4 Å². The number of aliphatic hydroxyl groups excluding tert-OH is 1. The summed E-state index contributed by atoms with van der Waals surface area (Å²) in [6, 6.07) is 7.63. The van der Waals surface area contributed by atoms with Gasteiger partial charge in [0.1, 0.15) is 11.6 Å². The largest absolute Gasteiger partial charge is 0.417 e. The average molecular weight is 465 g/mol. The first-order valence-corrected chi connectivity index (χ1v) is 10.3. The van der Waals surface area contributed by atoms with Gasteiger partial charge in [-0.25, -0.2) is 8.78 Å². The first-order chi connectivity index (χ1) is 15.6. The van der Waals surface area contributed by atoms with Gasteiger partial charge in [0.15, 0.2) is 0 Å². The number of halogens is 5. The lowest BCUT2D eigenvalue weighted by atomic mass is 9.74. The SMILES string of the molecule is N#Cc1ccc(N2CC3CCN(C(=O)c4cc(F)ccc4F)CC3(CO)C2)cc1C(F)(F)F. The van der Waals surface area contributed by atoms with E-state index < -0.39 is 45.8 Å². The van der Waals surface area contributed by atoms with E-state index in [0.29, 0.717) is 13.0 Å². The lowest BCUT2D eigenvalue weighted by molar-refractivity contribution is -0.137. The molecule has 2 saturated heterocycles. The van der Waals surface area contributed by atoms with Crippen molar-refractivity contribution < 1.29 is 31.9 Å². The molecule has 1 amide bonds. The molecule has 2 unspecified atom stereocenters. The monoisotopic (exact) mass is 465 g/mol. The molecule has 2 aromatic carbocycles. The molecule has 2 heterocycles. The second kappa shape index (κ2) is 8.30. The highest BCUT2D eigenvalue weighted by atomic mass is 19.4. The summed E-state index contributed by atoms with van der Waals surface area (Å²) in [5, 5.41) is 19.2. The second-order valence-electron chi connectivity index (χ2n) is 8.58. The number of fused-ring (bicyclic) bond motifs is 1. The predicted molar refractivity (Wildman–Crippen MR) is 108 cm³/mol. The van der Waals surface area contributed by atoms with Crippen LogP contribution in [0.25, 0.3) is 0 Å². The van der Waals surface area contributed by atoms with Gasteiger partial charge in [0.05, 0.1) is 29.4 Å². The van der Waals surface area contributed by atoms with Crippen molar-refractivity contribution in [2.24, 2.45) is 11.3 Å². The number of carbonyl (C=O) groups is 1. The van der Waals surface area contributed by atoms with Crippen LogP contribution in [0.4, 0.5) is 27.6 Å². The molecular weight excluding hydrogens is 445 g/mol. The zero-order valence-corrected chi connectivity index (χ0v) is 17.4. The summed E-state index contributed by atoms with van der Waals surface area (Å²) in [5.74, 6) is -2.42. The number of nitrogens with zero attached hydrogens (tertiary/aromatic N) is 3. The molecule has 2 aliphatic heterocycles. The first-order valence-electron chi connectivity index (χ1n) is 10.3. The Balaban J connectivity index is 1.60. The van der Waals surface area contributed by atoms with E-state index in [-0.39, 0.29) is 37.8 Å². The standard InChI is InChI=1S/C23H20F5N3O2/c24-16-2-4-20(25)18(7-16)21(33)30-6-5-15-10-31(12-22(15,11-30)13-32)17-3-1-14(9-29)19(8-17)23(26,27)28/h1-4,7-8,15,32H,5-6,10-13H2. The Labute approximate surface area is 186 Å². The van der Waals surface area contributed by atoms with Gasteiger partial charge in [-0.1, -0.05) is 0 Å². The van der Waals surface area contributed by atoms with Gasteiger partial charge in [0.2, 0.25) is 0 Å². The second-order valence-corrected chi connectivity index (χ2v) is 8.58. The van der Waals surface area contributed by atoms with Gasteiger partial charge in [-0.2, -0.15) is 18.4 Å². The van der Waals surface area contributed by atoms with Crippen LogP contribution in [0.1, 0.15) is 27.9 Å². The topological polar surface area (TPSA) is 67.6 Å². The molecule has 5 nitrogen and oxygen atoms in total. The zero-order valence-electron chi connectivity index (χ0n) is 17.4. The molecule has 174 valence electrons. The van der Waals surface area contributed by atoms with E-state index in [2.05, 4.69) is 0 Å². The number of nitriles is 1. The molecule has 2 aliphatic rings. The van der Waals surface area contributed by atoms with Crippen LogP contribution in [0.5, 0.6) is 0 Å². The molecule has 2 fully saturated rings. The number of hydrogen-bond acceptors (Lipinski definition) is 4. The number of likely N-dealkylation sites (tertiary alicyclic amines) is 1. The van der Waals surface area contributed by atoms with Crippen molar-refractivity contribution in [1.82, 2.24) is 4.90 Å². The van der Waals surface area contributed by atoms with Crippen LogP contribution in [-0.2, 0) is 6.18 Å². The minimum atomic E-state index is -4.69. The third-order valence-electron chi connectivity index (χ3n) is 6.62. The van der Waals surface area contributed by atoms with Crippen molar-refractivity contribution in [3.63, 3.8) is 0 Å². The highest BCUT2D eigenvalue weighted by Gasteiger charge is 2.50. The Morgan fingerprint density at radius 1 is 1.18 bits per heavy atom. The van der Waals surface area contributed by atoms with Crippen LogP contribution >= 0.6 is 0 Å². The number of aliphatic hydroxyl groups is 1. The lowest BCUT2D eigenvalue weighted by Gasteiger charge is -2.43. The van der Waals surface area contributed by atoms with Crippen LogP contribution in [0.3, 0.4) is 0 Å².